The number of hydrogen-bond acceptors (Lipinski definition) is 9. The molecule has 262 valence electrons. The van der Waals surface area contributed by atoms with E-state index in [2.05, 4.69) is 97.7 Å². The van der Waals surface area contributed by atoms with Gasteiger partial charge in [-0.05, 0) is 42.5 Å². The Hall–Kier alpha value is -6.71. The molecule has 6 aromatic carbocycles. The number of carboxylic acid groups (broad SMARTS) is 2. The summed E-state index contributed by atoms with van der Waals surface area (Å²) in [5.41, 5.74) is -0.630. The van der Waals surface area contributed by atoms with Crippen molar-refractivity contribution in [1.82, 2.24) is 0 Å². The van der Waals surface area contributed by atoms with Crippen LogP contribution in [0.15, 0.2) is 146 Å². The molecule has 51 heavy (non-hydrogen) atoms. The molecule has 0 radical (unpaired) electrons. The summed E-state index contributed by atoms with van der Waals surface area (Å²) in [7, 11) is -1.53. The predicted molar refractivity (Wildman–Crippen MR) is 194 cm³/mol. The van der Waals surface area contributed by atoms with Gasteiger partial charge in [-0.25, -0.2) is 9.59 Å². The van der Waals surface area contributed by atoms with E-state index in [4.69, 9.17) is 40.9 Å². The van der Waals surface area contributed by atoms with Crippen molar-refractivity contribution < 1.29 is 55.5 Å². The number of aromatic hydroxyl groups is 6. The van der Waals surface area contributed by atoms with Gasteiger partial charge in [0.1, 0.15) is 57.7 Å². The van der Waals surface area contributed by atoms with Crippen LogP contribution >= 0.6 is 7.26 Å². The molecule has 0 fully saturated rings. The normalized spacial score (nSPS) is 10.1. The second-order valence-corrected chi connectivity index (χ2v) is 14.3. The third-order valence-electron chi connectivity index (χ3n) is 6.99. The van der Waals surface area contributed by atoms with Gasteiger partial charge in [-0.1, -0.05) is 66.7 Å². The Kier molecular flexibility index (Phi) is 13.8. The molecule has 6 aromatic rings. The van der Waals surface area contributed by atoms with Gasteiger partial charge in [-0.15, -0.1) is 5.75 Å². The number of phenolic OH excluding ortho intramolecular Hbond substituents is 6. The average Bonchev–Trinajstić information content (AvgIpc) is 3.08. The van der Waals surface area contributed by atoms with Crippen molar-refractivity contribution in [2.24, 2.45) is 0 Å². The molecular formula is C39H35O11P. The molecule has 0 aromatic heterocycles. The van der Waals surface area contributed by atoms with Gasteiger partial charge in [0.2, 0.25) is 0 Å². The predicted octanol–water partition coefficient (Wildman–Crippen LogP) is 5.37. The maximum absolute atomic E-state index is 10.8. The summed E-state index contributed by atoms with van der Waals surface area (Å²) in [5.74, 6) is -4.14. The van der Waals surface area contributed by atoms with E-state index in [1.54, 1.807) is 0 Å². The maximum atomic E-state index is 10.8. The van der Waals surface area contributed by atoms with Gasteiger partial charge in [-0.3, -0.25) is 0 Å². The summed E-state index contributed by atoms with van der Waals surface area (Å²) in [5, 5.41) is 84.1. The van der Waals surface area contributed by atoms with Crippen molar-refractivity contribution in [3.63, 3.8) is 0 Å². The lowest BCUT2D eigenvalue weighted by Crippen LogP contribution is -2.30. The minimum atomic E-state index is -1.53. The molecule has 0 heterocycles. The maximum Gasteiger partial charge on any atom is 0.335 e. The fourth-order valence-corrected chi connectivity index (χ4v) is 7.83. The van der Waals surface area contributed by atoms with Crippen molar-refractivity contribution in [3.05, 3.63) is 157 Å². The third kappa shape index (κ3) is 11.7. The molecule has 0 spiro atoms. The molecule has 0 amide bonds. The van der Waals surface area contributed by atoms with Crippen molar-refractivity contribution in [2.75, 3.05) is 6.66 Å². The van der Waals surface area contributed by atoms with Gasteiger partial charge in [0.15, 0.2) is 0 Å². The molecule has 11 nitrogen and oxygen atoms in total. The van der Waals surface area contributed by atoms with E-state index < -0.39 is 25.0 Å². The highest BCUT2D eigenvalue weighted by Crippen LogP contribution is 2.51. The Balaban J connectivity index is 0.000000196. The van der Waals surface area contributed by atoms with E-state index in [0.717, 1.165) is 54.6 Å². The number of carbonyl (C=O) groups is 2. The van der Waals surface area contributed by atoms with Crippen LogP contribution < -0.4 is 21.0 Å². The summed E-state index contributed by atoms with van der Waals surface area (Å²) in [6, 6.07) is 42.1. The second kappa shape index (κ2) is 18.2. The summed E-state index contributed by atoms with van der Waals surface area (Å²) < 4.78 is 0. The number of benzene rings is 6. The van der Waals surface area contributed by atoms with Gasteiger partial charge in [0.05, 0.1) is 17.8 Å². The lowest BCUT2D eigenvalue weighted by atomic mass is 10.1. The van der Waals surface area contributed by atoms with Crippen molar-refractivity contribution in [1.29, 1.82) is 0 Å². The molecule has 6 rings (SSSR count). The Morgan fingerprint density at radius 3 is 0.882 bits per heavy atom. The standard InChI is InChI=1S/C19H18P.C8H6O5.2C6H6O3/c1-20(17-11-5-2-6-12-17,18-13-7-3-8-14-18)19-15-9-4-10-16-19;9-6-2-4(7(10)11)1-5(3-6)8(12)13;2*7-4-1-5(8)3-6(9)2-4/h2-16H,1H3;1-3,9H,(H,10,11)(H,12,13);2*1-3,7-9H/q+1;;;/p-1. The van der Waals surface area contributed by atoms with Crippen molar-refractivity contribution in [3.8, 4) is 40.2 Å². The zero-order valence-corrected chi connectivity index (χ0v) is 28.0. The fraction of sp³-hybridized carbons (Fsp3) is 0.0256. The van der Waals surface area contributed by atoms with E-state index >= 15 is 0 Å². The number of phenols is 6. The van der Waals surface area contributed by atoms with E-state index in [9.17, 15) is 14.7 Å². The first-order valence-electron chi connectivity index (χ1n) is 14.9. The summed E-state index contributed by atoms with van der Waals surface area (Å²) >= 11 is 0. The third-order valence-corrected chi connectivity index (χ3v) is 11.0. The summed E-state index contributed by atoms with van der Waals surface area (Å²) in [4.78, 5) is 20.8. The zero-order valence-electron chi connectivity index (χ0n) is 27.1. The quantitative estimate of drug-likeness (QED) is 0.106. The molecule has 0 aliphatic carbocycles. The number of carboxylic acids is 2. The zero-order chi connectivity index (χ0) is 37.6. The highest BCUT2D eigenvalue weighted by Gasteiger charge is 2.39. The Morgan fingerprint density at radius 2 is 0.667 bits per heavy atom. The molecule has 0 atom stereocenters. The van der Waals surface area contributed by atoms with Crippen LogP contribution in [0.25, 0.3) is 0 Å². The van der Waals surface area contributed by atoms with E-state index in [1.165, 1.54) is 15.9 Å². The summed E-state index contributed by atoms with van der Waals surface area (Å²) in [6.45, 7) is 2.41. The number of aromatic carboxylic acids is 2. The van der Waals surface area contributed by atoms with Crippen molar-refractivity contribution >= 4 is 35.1 Å². The smallest absolute Gasteiger partial charge is 0.335 e. The van der Waals surface area contributed by atoms with Crippen LogP contribution in [0, 0.1) is 0 Å². The van der Waals surface area contributed by atoms with Crippen LogP contribution in [0.3, 0.4) is 0 Å². The Labute approximate surface area is 293 Å². The minimum Gasteiger partial charge on any atom is -0.872 e. The number of rotatable bonds is 5. The minimum absolute atomic E-state index is 0.146. The topological polar surface area (TPSA) is 219 Å². The largest absolute Gasteiger partial charge is 0.872 e. The molecule has 0 saturated carbocycles. The average molecular weight is 711 g/mol. The van der Waals surface area contributed by atoms with E-state index in [0.29, 0.717) is 0 Å². The molecule has 0 bridgehead atoms. The van der Waals surface area contributed by atoms with Crippen LogP contribution in [0.4, 0.5) is 0 Å². The van der Waals surface area contributed by atoms with Gasteiger partial charge in [0.25, 0.3) is 0 Å². The van der Waals surface area contributed by atoms with Crippen LogP contribution in [-0.4, -0.2) is 59.5 Å². The Morgan fingerprint density at radius 1 is 0.431 bits per heavy atom. The Bertz CT molecular complexity index is 1760. The lowest BCUT2D eigenvalue weighted by Gasteiger charge is -2.22. The SMILES string of the molecule is C[P+](c1ccccc1)(c1ccccc1)c1ccccc1.O=C(O)c1cc([O-])cc(C(=O)O)c1.Oc1cc(O)cc(O)c1.Oc1cc(O)cc(O)c1. The van der Waals surface area contributed by atoms with Gasteiger partial charge in [0, 0.05) is 36.4 Å². The highest BCUT2D eigenvalue weighted by molar-refractivity contribution is 7.95. The lowest BCUT2D eigenvalue weighted by molar-refractivity contribution is -0.268. The van der Waals surface area contributed by atoms with Crippen LogP contribution in [0.2, 0.25) is 0 Å². The van der Waals surface area contributed by atoms with Crippen LogP contribution in [0.5, 0.6) is 40.2 Å². The first kappa shape index (κ1) is 38.7. The van der Waals surface area contributed by atoms with E-state index in [1.807, 2.05) is 0 Å². The van der Waals surface area contributed by atoms with E-state index in [-0.39, 0.29) is 45.6 Å². The molecular weight excluding hydrogens is 675 g/mol. The van der Waals surface area contributed by atoms with Gasteiger partial charge in [-0.2, -0.15) is 0 Å². The molecule has 0 aliphatic heterocycles. The molecule has 0 aliphatic rings. The van der Waals surface area contributed by atoms with Gasteiger partial charge < -0.3 is 46.0 Å². The molecule has 0 saturated heterocycles. The van der Waals surface area contributed by atoms with Crippen LogP contribution in [0.1, 0.15) is 20.7 Å². The molecule has 12 heteroatoms. The second-order valence-electron chi connectivity index (χ2n) is 10.8. The van der Waals surface area contributed by atoms with Gasteiger partial charge >= 0.3 is 11.9 Å². The monoisotopic (exact) mass is 710 g/mol. The highest BCUT2D eigenvalue weighted by atomic mass is 31.2. The van der Waals surface area contributed by atoms with Crippen LogP contribution in [-0.2, 0) is 0 Å². The number of hydrogen-bond donors (Lipinski definition) is 8. The fourth-order valence-electron chi connectivity index (χ4n) is 4.63. The molecule has 0 unspecified atom stereocenters. The molecule has 8 N–H and O–H groups in total. The first-order chi connectivity index (χ1) is 24.2. The first-order valence-corrected chi connectivity index (χ1v) is 17.2. The summed E-state index contributed by atoms with van der Waals surface area (Å²) in [6.07, 6.45) is 0. The van der Waals surface area contributed by atoms with Crippen molar-refractivity contribution in [2.45, 2.75) is 0 Å².